The van der Waals surface area contributed by atoms with Crippen LogP contribution in [0, 0.1) is 0 Å². The number of hydroxylamine groups is 1. The molecule has 5 N–H and O–H groups in total. The Hall–Kier alpha value is -2.41. The number of anilines is 1. The molecule has 3 amide bonds. The zero-order chi connectivity index (χ0) is 14.4. The van der Waals surface area contributed by atoms with Gasteiger partial charge in [-0.15, -0.1) is 0 Å². The number of rotatable bonds is 5. The van der Waals surface area contributed by atoms with Gasteiger partial charge in [-0.3, -0.25) is 19.6 Å². The number of benzene rings is 1. The van der Waals surface area contributed by atoms with Crippen molar-refractivity contribution in [1.82, 2.24) is 5.48 Å². The fourth-order valence-electron chi connectivity index (χ4n) is 1.56. The van der Waals surface area contributed by atoms with Crippen LogP contribution in [0.4, 0.5) is 5.69 Å². The minimum atomic E-state index is -0.715. The molecule has 0 heterocycles. The average molecular weight is 265 g/mol. The fraction of sp³-hybridized carbons (Fsp3) is 0.250. The summed E-state index contributed by atoms with van der Waals surface area (Å²) < 4.78 is 0. The number of carbonyl (C=O) groups excluding carboxylic acids is 3. The molecule has 7 heteroatoms. The first-order valence-electron chi connectivity index (χ1n) is 5.64. The second kappa shape index (κ2) is 6.50. The van der Waals surface area contributed by atoms with Gasteiger partial charge in [-0.2, -0.15) is 0 Å². The van der Waals surface area contributed by atoms with Crippen LogP contribution >= 0.6 is 0 Å². The van der Waals surface area contributed by atoms with Crippen molar-refractivity contribution in [3.05, 3.63) is 29.3 Å². The molecule has 19 heavy (non-hydrogen) atoms. The summed E-state index contributed by atoms with van der Waals surface area (Å²) in [7, 11) is 0. The molecule has 0 atom stereocenters. The monoisotopic (exact) mass is 265 g/mol. The summed E-state index contributed by atoms with van der Waals surface area (Å²) >= 11 is 0. The van der Waals surface area contributed by atoms with Gasteiger partial charge in [-0.05, 0) is 17.7 Å². The molecule has 0 fully saturated rings. The predicted octanol–water partition coefficient (Wildman–Crippen LogP) is 0.182. The maximum atomic E-state index is 11.4. The molecule has 0 bridgehead atoms. The SMILES string of the molecule is CCC(=O)Nc1cccc(C(N)=O)c1CC(=O)NO. The Morgan fingerprint density at radius 3 is 2.47 bits per heavy atom. The number of hydrogen-bond donors (Lipinski definition) is 4. The van der Waals surface area contributed by atoms with Crippen LogP contribution < -0.4 is 16.5 Å². The lowest BCUT2D eigenvalue weighted by Crippen LogP contribution is -2.24. The van der Waals surface area contributed by atoms with E-state index >= 15 is 0 Å². The highest BCUT2D eigenvalue weighted by molar-refractivity contribution is 6.00. The standard InChI is InChI=1S/C12H15N3O4/c1-2-10(16)14-9-5-3-4-7(12(13)18)8(9)6-11(17)15-19/h3-5,19H,2,6H2,1H3,(H2,13,18)(H,14,16)(H,15,17). The van der Waals surface area contributed by atoms with Gasteiger partial charge in [0.2, 0.25) is 17.7 Å². The molecular weight excluding hydrogens is 250 g/mol. The Balaban J connectivity index is 3.21. The highest BCUT2D eigenvalue weighted by atomic mass is 16.5. The summed E-state index contributed by atoms with van der Waals surface area (Å²) in [6.45, 7) is 1.67. The minimum absolute atomic E-state index is 0.123. The highest BCUT2D eigenvalue weighted by Gasteiger charge is 2.16. The summed E-state index contributed by atoms with van der Waals surface area (Å²) in [6, 6.07) is 4.55. The Labute approximate surface area is 109 Å². The quantitative estimate of drug-likeness (QED) is 0.448. The maximum absolute atomic E-state index is 11.4. The third-order valence-corrected chi connectivity index (χ3v) is 2.50. The van der Waals surface area contributed by atoms with Crippen LogP contribution in [0.5, 0.6) is 0 Å². The molecule has 0 saturated heterocycles. The third-order valence-electron chi connectivity index (χ3n) is 2.50. The molecule has 0 aliphatic carbocycles. The Bertz CT molecular complexity index is 514. The Morgan fingerprint density at radius 1 is 1.26 bits per heavy atom. The van der Waals surface area contributed by atoms with Gasteiger partial charge in [-0.1, -0.05) is 13.0 Å². The second-order valence-corrected chi connectivity index (χ2v) is 3.81. The van der Waals surface area contributed by atoms with Gasteiger partial charge in [0.1, 0.15) is 0 Å². The van der Waals surface area contributed by atoms with E-state index in [1.165, 1.54) is 11.5 Å². The largest absolute Gasteiger partial charge is 0.366 e. The lowest BCUT2D eigenvalue weighted by atomic mass is 10.0. The molecule has 1 aromatic carbocycles. The molecule has 0 spiro atoms. The van der Waals surface area contributed by atoms with E-state index in [0.29, 0.717) is 5.69 Å². The van der Waals surface area contributed by atoms with Crippen molar-refractivity contribution >= 4 is 23.4 Å². The van der Waals surface area contributed by atoms with Crippen molar-refractivity contribution < 1.29 is 19.6 Å². The van der Waals surface area contributed by atoms with Crippen LogP contribution in [-0.4, -0.2) is 22.9 Å². The van der Waals surface area contributed by atoms with Gasteiger partial charge in [0, 0.05) is 17.7 Å². The number of hydrogen-bond acceptors (Lipinski definition) is 4. The molecule has 0 aliphatic heterocycles. The van der Waals surface area contributed by atoms with Crippen molar-refractivity contribution in [3.8, 4) is 0 Å². The molecule has 0 aliphatic rings. The van der Waals surface area contributed by atoms with E-state index in [-0.39, 0.29) is 29.9 Å². The summed E-state index contributed by atoms with van der Waals surface area (Å²) in [5, 5.41) is 11.1. The van der Waals surface area contributed by atoms with Crippen molar-refractivity contribution in [1.29, 1.82) is 0 Å². The minimum Gasteiger partial charge on any atom is -0.366 e. The number of primary amides is 1. The van der Waals surface area contributed by atoms with E-state index < -0.39 is 11.8 Å². The van der Waals surface area contributed by atoms with Crippen molar-refractivity contribution in [2.45, 2.75) is 19.8 Å². The van der Waals surface area contributed by atoms with E-state index in [0.717, 1.165) is 0 Å². The molecule has 7 nitrogen and oxygen atoms in total. The summed E-state index contributed by atoms with van der Waals surface area (Å²) in [4.78, 5) is 33.9. The topological polar surface area (TPSA) is 122 Å². The van der Waals surface area contributed by atoms with Crippen LogP contribution in [0.15, 0.2) is 18.2 Å². The first kappa shape index (κ1) is 14.7. The Morgan fingerprint density at radius 2 is 1.95 bits per heavy atom. The molecular formula is C12H15N3O4. The first-order valence-corrected chi connectivity index (χ1v) is 5.64. The van der Waals surface area contributed by atoms with Gasteiger partial charge in [0.15, 0.2) is 0 Å². The van der Waals surface area contributed by atoms with E-state index in [1.807, 2.05) is 0 Å². The van der Waals surface area contributed by atoms with Crippen molar-refractivity contribution in [2.75, 3.05) is 5.32 Å². The van der Waals surface area contributed by atoms with E-state index in [1.54, 1.807) is 19.1 Å². The highest BCUT2D eigenvalue weighted by Crippen LogP contribution is 2.21. The normalized spacial score (nSPS) is 9.79. The summed E-state index contributed by atoms with van der Waals surface area (Å²) in [6.07, 6.45) is -0.0125. The smallest absolute Gasteiger partial charge is 0.249 e. The van der Waals surface area contributed by atoms with Crippen LogP contribution in [0.25, 0.3) is 0 Å². The molecule has 0 radical (unpaired) electrons. The maximum Gasteiger partial charge on any atom is 0.249 e. The number of carbonyl (C=O) groups is 3. The number of nitrogens with two attached hydrogens (primary N) is 1. The number of amides is 3. The second-order valence-electron chi connectivity index (χ2n) is 3.81. The van der Waals surface area contributed by atoms with Crippen LogP contribution in [0.2, 0.25) is 0 Å². The van der Waals surface area contributed by atoms with E-state index in [9.17, 15) is 14.4 Å². The molecule has 0 saturated carbocycles. The summed E-state index contributed by atoms with van der Waals surface area (Å²) in [5.41, 5.74) is 7.40. The number of nitrogens with one attached hydrogen (secondary N) is 2. The molecule has 0 unspecified atom stereocenters. The molecule has 1 rings (SSSR count). The average Bonchev–Trinajstić information content (AvgIpc) is 2.39. The van der Waals surface area contributed by atoms with Crippen LogP contribution in [0.3, 0.4) is 0 Å². The Kier molecular flexibility index (Phi) is 5.01. The lowest BCUT2D eigenvalue weighted by Gasteiger charge is -2.13. The van der Waals surface area contributed by atoms with E-state index in [4.69, 9.17) is 10.9 Å². The zero-order valence-corrected chi connectivity index (χ0v) is 10.4. The van der Waals surface area contributed by atoms with Gasteiger partial charge in [-0.25, -0.2) is 5.48 Å². The summed E-state index contributed by atoms with van der Waals surface area (Å²) in [5.74, 6) is -1.68. The van der Waals surface area contributed by atoms with Gasteiger partial charge in [0.25, 0.3) is 0 Å². The first-order chi connectivity index (χ1) is 8.99. The predicted molar refractivity (Wildman–Crippen MR) is 67.5 cm³/mol. The van der Waals surface area contributed by atoms with Crippen LogP contribution in [-0.2, 0) is 16.0 Å². The van der Waals surface area contributed by atoms with Crippen molar-refractivity contribution in [2.24, 2.45) is 5.73 Å². The third kappa shape index (κ3) is 3.78. The molecule has 0 aromatic heterocycles. The zero-order valence-electron chi connectivity index (χ0n) is 10.4. The fourth-order valence-corrected chi connectivity index (χ4v) is 1.56. The van der Waals surface area contributed by atoms with E-state index in [2.05, 4.69) is 5.32 Å². The van der Waals surface area contributed by atoms with Gasteiger partial charge >= 0.3 is 0 Å². The lowest BCUT2D eigenvalue weighted by molar-refractivity contribution is -0.128. The van der Waals surface area contributed by atoms with Gasteiger partial charge in [0.05, 0.1) is 6.42 Å². The molecule has 1 aromatic rings. The van der Waals surface area contributed by atoms with Crippen LogP contribution in [0.1, 0.15) is 29.3 Å². The van der Waals surface area contributed by atoms with Gasteiger partial charge < -0.3 is 11.1 Å². The molecule has 102 valence electrons. The van der Waals surface area contributed by atoms with Crippen molar-refractivity contribution in [3.63, 3.8) is 0 Å².